The number of aryl methyl sites for hydroxylation is 1. The van der Waals surface area contributed by atoms with E-state index < -0.39 is 6.67 Å². The van der Waals surface area contributed by atoms with Crippen molar-refractivity contribution >= 4 is 0 Å². The molecule has 22 heavy (non-hydrogen) atoms. The van der Waals surface area contributed by atoms with Crippen molar-refractivity contribution in [3.63, 3.8) is 0 Å². The van der Waals surface area contributed by atoms with Gasteiger partial charge in [-0.3, -0.25) is 4.68 Å². The van der Waals surface area contributed by atoms with E-state index in [1.165, 1.54) is 0 Å². The van der Waals surface area contributed by atoms with Crippen LogP contribution in [-0.2, 0) is 13.1 Å². The molecule has 0 bridgehead atoms. The lowest BCUT2D eigenvalue weighted by Crippen LogP contribution is -2.37. The van der Waals surface area contributed by atoms with E-state index in [0.717, 1.165) is 16.9 Å². The van der Waals surface area contributed by atoms with Crippen LogP contribution in [0.1, 0.15) is 17.2 Å². The van der Waals surface area contributed by atoms with Crippen LogP contribution in [0.4, 0.5) is 4.39 Å². The van der Waals surface area contributed by atoms with Crippen molar-refractivity contribution in [2.45, 2.75) is 19.1 Å². The summed E-state index contributed by atoms with van der Waals surface area (Å²) in [4.78, 5) is 0. The number of aliphatic hydroxyl groups is 1. The van der Waals surface area contributed by atoms with Crippen molar-refractivity contribution in [1.82, 2.24) is 15.1 Å². The van der Waals surface area contributed by atoms with Gasteiger partial charge in [-0.05, 0) is 6.07 Å². The molecule has 0 saturated carbocycles. The van der Waals surface area contributed by atoms with Crippen molar-refractivity contribution in [1.29, 1.82) is 0 Å². The molecule has 0 unspecified atom stereocenters. The molecule has 2 atom stereocenters. The van der Waals surface area contributed by atoms with Crippen molar-refractivity contribution in [2.75, 3.05) is 19.9 Å². The quantitative estimate of drug-likeness (QED) is 0.852. The van der Waals surface area contributed by atoms with E-state index in [9.17, 15) is 9.50 Å². The minimum atomic E-state index is -0.422. The van der Waals surface area contributed by atoms with Gasteiger partial charge in [0, 0.05) is 35.8 Å². The second-order valence-electron chi connectivity index (χ2n) is 5.45. The molecular formula is C16H20FN3O2. The zero-order valence-corrected chi connectivity index (χ0v) is 12.3. The van der Waals surface area contributed by atoms with Gasteiger partial charge < -0.3 is 15.2 Å². The number of nitrogens with one attached hydrogen (secondary N) is 1. The SMILES string of the molecule is OC[C@@H]1COc2ccccc2[C@@H]1NCc1cnn(CCF)c1. The summed E-state index contributed by atoms with van der Waals surface area (Å²) in [6, 6.07) is 7.89. The van der Waals surface area contributed by atoms with E-state index in [-0.39, 0.29) is 25.1 Å². The third-order valence-electron chi connectivity index (χ3n) is 3.94. The van der Waals surface area contributed by atoms with Crippen molar-refractivity contribution in [2.24, 2.45) is 5.92 Å². The zero-order chi connectivity index (χ0) is 15.4. The molecule has 118 valence electrons. The lowest BCUT2D eigenvalue weighted by atomic mass is 9.91. The fourth-order valence-corrected chi connectivity index (χ4v) is 2.78. The molecule has 1 aliphatic rings. The molecule has 0 saturated heterocycles. The van der Waals surface area contributed by atoms with Crippen LogP contribution < -0.4 is 10.1 Å². The highest BCUT2D eigenvalue weighted by Crippen LogP contribution is 2.35. The van der Waals surface area contributed by atoms with Crippen LogP contribution in [0.5, 0.6) is 5.75 Å². The third kappa shape index (κ3) is 3.13. The number of ether oxygens (including phenoxy) is 1. The van der Waals surface area contributed by atoms with Gasteiger partial charge in [0.2, 0.25) is 0 Å². The monoisotopic (exact) mass is 305 g/mol. The van der Waals surface area contributed by atoms with Crippen LogP contribution in [-0.4, -0.2) is 34.8 Å². The molecule has 1 aliphatic heterocycles. The Morgan fingerprint density at radius 3 is 3.09 bits per heavy atom. The maximum absolute atomic E-state index is 12.3. The molecular weight excluding hydrogens is 285 g/mol. The smallest absolute Gasteiger partial charge is 0.124 e. The van der Waals surface area contributed by atoms with Gasteiger partial charge in [0.05, 0.1) is 26.0 Å². The Labute approximate surface area is 128 Å². The maximum atomic E-state index is 12.3. The Bertz CT molecular complexity index is 617. The zero-order valence-electron chi connectivity index (χ0n) is 12.3. The first-order valence-electron chi connectivity index (χ1n) is 7.45. The molecule has 6 heteroatoms. The van der Waals surface area contributed by atoms with E-state index in [1.807, 2.05) is 30.5 Å². The summed E-state index contributed by atoms with van der Waals surface area (Å²) >= 11 is 0. The first-order valence-corrected chi connectivity index (χ1v) is 7.45. The minimum absolute atomic E-state index is 0.00999. The van der Waals surface area contributed by atoms with Crippen molar-refractivity contribution in [3.8, 4) is 5.75 Å². The molecule has 5 nitrogen and oxygen atoms in total. The van der Waals surface area contributed by atoms with Crippen LogP contribution in [0.25, 0.3) is 0 Å². The number of alkyl halides is 1. The topological polar surface area (TPSA) is 59.3 Å². The van der Waals surface area contributed by atoms with Gasteiger partial charge in [0.1, 0.15) is 12.4 Å². The number of hydrogen-bond acceptors (Lipinski definition) is 4. The molecule has 0 radical (unpaired) electrons. The Hall–Kier alpha value is -1.92. The van der Waals surface area contributed by atoms with Gasteiger partial charge in [-0.25, -0.2) is 4.39 Å². The van der Waals surface area contributed by atoms with Crippen LogP contribution in [0.3, 0.4) is 0 Å². The van der Waals surface area contributed by atoms with E-state index in [2.05, 4.69) is 10.4 Å². The highest BCUT2D eigenvalue weighted by molar-refractivity contribution is 5.38. The fraction of sp³-hybridized carbons (Fsp3) is 0.438. The summed E-state index contributed by atoms with van der Waals surface area (Å²) in [5.41, 5.74) is 2.05. The summed E-state index contributed by atoms with van der Waals surface area (Å²) in [5.74, 6) is 0.869. The number of aromatic nitrogens is 2. The number of halogens is 1. The molecule has 1 aromatic carbocycles. The molecule has 1 aromatic heterocycles. The molecule has 3 rings (SSSR count). The molecule has 2 heterocycles. The lowest BCUT2D eigenvalue weighted by Gasteiger charge is -2.33. The molecule has 2 N–H and O–H groups in total. The average Bonchev–Trinajstić information content (AvgIpc) is 3.00. The maximum Gasteiger partial charge on any atom is 0.124 e. The minimum Gasteiger partial charge on any atom is -0.493 e. The number of rotatable bonds is 6. The van der Waals surface area contributed by atoms with Gasteiger partial charge in [0.15, 0.2) is 0 Å². The lowest BCUT2D eigenvalue weighted by molar-refractivity contribution is 0.110. The number of benzene rings is 1. The third-order valence-corrected chi connectivity index (χ3v) is 3.94. The average molecular weight is 305 g/mol. The molecule has 0 aliphatic carbocycles. The standard InChI is InChI=1S/C16H20FN3O2/c17-5-6-20-9-12(8-19-20)7-18-16-13(10-21)11-22-15-4-2-1-3-14(15)16/h1-4,8-9,13,16,18,21H,5-7,10-11H2/t13-,16-/m1/s1. The Kier molecular flexibility index (Phi) is 4.70. The Balaban J connectivity index is 1.71. The summed E-state index contributed by atoms with van der Waals surface area (Å²) in [6.07, 6.45) is 3.58. The highest BCUT2D eigenvalue weighted by atomic mass is 19.1. The second kappa shape index (κ2) is 6.89. The molecule has 2 aromatic rings. The number of hydrogen-bond donors (Lipinski definition) is 2. The number of fused-ring (bicyclic) bond motifs is 1. The van der Waals surface area contributed by atoms with Gasteiger partial charge in [-0.15, -0.1) is 0 Å². The Morgan fingerprint density at radius 1 is 1.41 bits per heavy atom. The molecule has 0 amide bonds. The first kappa shape index (κ1) is 15.0. The highest BCUT2D eigenvalue weighted by Gasteiger charge is 2.29. The van der Waals surface area contributed by atoms with Gasteiger partial charge >= 0.3 is 0 Å². The summed E-state index contributed by atoms with van der Waals surface area (Å²) < 4.78 is 19.6. The summed E-state index contributed by atoms with van der Waals surface area (Å²) in [6.45, 7) is 1.02. The van der Waals surface area contributed by atoms with Crippen LogP contribution in [0, 0.1) is 5.92 Å². The number of aliphatic hydroxyl groups excluding tert-OH is 1. The van der Waals surface area contributed by atoms with Crippen LogP contribution >= 0.6 is 0 Å². The van der Waals surface area contributed by atoms with Crippen LogP contribution in [0.15, 0.2) is 36.7 Å². The van der Waals surface area contributed by atoms with E-state index in [4.69, 9.17) is 4.74 Å². The molecule has 0 spiro atoms. The van der Waals surface area contributed by atoms with Gasteiger partial charge in [0.25, 0.3) is 0 Å². The predicted octanol–water partition coefficient (Wildman–Crippen LogP) is 1.68. The van der Waals surface area contributed by atoms with Crippen molar-refractivity contribution in [3.05, 3.63) is 47.8 Å². The summed E-state index contributed by atoms with van der Waals surface area (Å²) in [7, 11) is 0. The predicted molar refractivity (Wildman–Crippen MR) is 80.3 cm³/mol. The molecule has 0 fully saturated rings. The van der Waals surface area contributed by atoms with E-state index in [0.29, 0.717) is 13.2 Å². The van der Waals surface area contributed by atoms with Crippen LogP contribution in [0.2, 0.25) is 0 Å². The fourth-order valence-electron chi connectivity index (χ4n) is 2.78. The largest absolute Gasteiger partial charge is 0.493 e. The Morgan fingerprint density at radius 2 is 2.27 bits per heavy atom. The van der Waals surface area contributed by atoms with Crippen molar-refractivity contribution < 1.29 is 14.2 Å². The number of para-hydroxylation sites is 1. The number of nitrogens with zero attached hydrogens (tertiary/aromatic N) is 2. The van der Waals surface area contributed by atoms with E-state index in [1.54, 1.807) is 10.9 Å². The first-order chi connectivity index (χ1) is 10.8. The van der Waals surface area contributed by atoms with Gasteiger partial charge in [-0.2, -0.15) is 5.10 Å². The second-order valence-corrected chi connectivity index (χ2v) is 5.45. The van der Waals surface area contributed by atoms with E-state index >= 15 is 0 Å². The normalized spacial score (nSPS) is 20.5. The summed E-state index contributed by atoms with van der Waals surface area (Å²) in [5, 5.41) is 17.2. The van der Waals surface area contributed by atoms with Gasteiger partial charge in [-0.1, -0.05) is 18.2 Å².